The molecule has 152 valence electrons. The zero-order chi connectivity index (χ0) is 20.9. The van der Waals surface area contributed by atoms with Gasteiger partial charge in [-0.1, -0.05) is 54.2 Å². The average Bonchev–Trinajstić information content (AvgIpc) is 3.01. The topological polar surface area (TPSA) is 70.6 Å². The van der Waals surface area contributed by atoms with E-state index in [2.05, 4.69) is 15.6 Å². The number of nitrogens with zero attached hydrogens (tertiary/aromatic N) is 1. The number of amides is 2. The molecule has 5 nitrogen and oxygen atoms in total. The average molecular weight is 421 g/mol. The first-order chi connectivity index (χ1) is 13.8. The molecular weight excluding hydrogens is 403 g/mol. The second kappa shape index (κ2) is 9.13. The number of halogens is 3. The molecule has 1 atom stereocenters. The fourth-order valence-electron chi connectivity index (χ4n) is 2.74. The molecule has 0 spiro atoms. The van der Waals surface area contributed by atoms with Crippen molar-refractivity contribution in [2.24, 2.45) is 4.99 Å². The minimum absolute atomic E-state index is 0.0498. The van der Waals surface area contributed by atoms with E-state index in [0.717, 1.165) is 23.4 Å². The third-order valence-corrected chi connectivity index (χ3v) is 5.24. The van der Waals surface area contributed by atoms with Crippen molar-refractivity contribution in [1.29, 1.82) is 0 Å². The molecule has 1 saturated heterocycles. The summed E-state index contributed by atoms with van der Waals surface area (Å²) in [5, 5.41) is 4.51. The standard InChI is InChI=1S/C20H18F3N3O2S/c21-20(22,23)14-8-4-5-9-15(14)25-19-26-18(28)16(29-19)12-17(27)24-11-10-13-6-2-1-3-7-13/h1-9,16H,10-12H2,(H,24,27)(H,25,26,28). The summed E-state index contributed by atoms with van der Waals surface area (Å²) in [7, 11) is 0. The summed E-state index contributed by atoms with van der Waals surface area (Å²) in [6, 6.07) is 14.5. The molecule has 1 fully saturated rings. The van der Waals surface area contributed by atoms with Crippen molar-refractivity contribution in [2.75, 3.05) is 6.54 Å². The van der Waals surface area contributed by atoms with E-state index in [1.165, 1.54) is 18.2 Å². The van der Waals surface area contributed by atoms with Crippen molar-refractivity contribution < 1.29 is 22.8 Å². The van der Waals surface area contributed by atoms with Crippen LogP contribution in [0.3, 0.4) is 0 Å². The van der Waals surface area contributed by atoms with Crippen LogP contribution in [0, 0.1) is 0 Å². The number of amidine groups is 1. The van der Waals surface area contributed by atoms with Crippen LogP contribution in [0.15, 0.2) is 59.6 Å². The minimum Gasteiger partial charge on any atom is -0.356 e. The lowest BCUT2D eigenvalue weighted by molar-refractivity contribution is -0.137. The Bertz CT molecular complexity index is 917. The van der Waals surface area contributed by atoms with Gasteiger partial charge in [0, 0.05) is 13.0 Å². The van der Waals surface area contributed by atoms with Crippen molar-refractivity contribution in [2.45, 2.75) is 24.3 Å². The summed E-state index contributed by atoms with van der Waals surface area (Å²) in [5.41, 5.74) is -0.0845. The summed E-state index contributed by atoms with van der Waals surface area (Å²) in [4.78, 5) is 28.1. The quantitative estimate of drug-likeness (QED) is 0.748. The number of carbonyl (C=O) groups is 2. The molecular formula is C20H18F3N3O2S. The van der Waals surface area contributed by atoms with Gasteiger partial charge in [0.05, 0.1) is 11.3 Å². The Balaban J connectivity index is 1.56. The molecule has 1 unspecified atom stereocenters. The first kappa shape index (κ1) is 20.9. The van der Waals surface area contributed by atoms with Crippen LogP contribution in [0.5, 0.6) is 0 Å². The number of benzene rings is 2. The highest BCUT2D eigenvalue weighted by atomic mass is 32.2. The molecule has 0 bridgehead atoms. The van der Waals surface area contributed by atoms with Gasteiger partial charge in [0.25, 0.3) is 0 Å². The van der Waals surface area contributed by atoms with Gasteiger partial charge in [-0.2, -0.15) is 13.2 Å². The summed E-state index contributed by atoms with van der Waals surface area (Å²) < 4.78 is 39.2. The molecule has 0 radical (unpaired) electrons. The highest BCUT2D eigenvalue weighted by Crippen LogP contribution is 2.37. The highest BCUT2D eigenvalue weighted by Gasteiger charge is 2.35. The number of thioether (sulfide) groups is 1. The zero-order valence-corrected chi connectivity index (χ0v) is 16.0. The van der Waals surface area contributed by atoms with Gasteiger partial charge >= 0.3 is 6.18 Å². The highest BCUT2D eigenvalue weighted by molar-refractivity contribution is 8.15. The van der Waals surface area contributed by atoms with Crippen LogP contribution in [0.1, 0.15) is 17.5 Å². The molecule has 1 aliphatic heterocycles. The molecule has 2 aromatic carbocycles. The molecule has 0 saturated carbocycles. The Labute approximate surface area is 169 Å². The van der Waals surface area contributed by atoms with Crippen LogP contribution in [-0.4, -0.2) is 28.8 Å². The number of hydrogen-bond donors (Lipinski definition) is 2. The van der Waals surface area contributed by atoms with E-state index in [1.807, 2.05) is 30.3 Å². The van der Waals surface area contributed by atoms with Crippen LogP contribution in [-0.2, 0) is 22.2 Å². The molecule has 29 heavy (non-hydrogen) atoms. The number of nitrogens with one attached hydrogen (secondary N) is 2. The number of aliphatic imine (C=N–C) groups is 1. The smallest absolute Gasteiger partial charge is 0.356 e. The maximum absolute atomic E-state index is 13.1. The molecule has 2 N–H and O–H groups in total. The van der Waals surface area contributed by atoms with Crippen molar-refractivity contribution in [3.05, 3.63) is 65.7 Å². The third-order valence-electron chi connectivity index (χ3n) is 4.16. The van der Waals surface area contributed by atoms with Crippen LogP contribution in [0.25, 0.3) is 0 Å². The fourth-order valence-corrected chi connectivity index (χ4v) is 3.72. The van der Waals surface area contributed by atoms with E-state index >= 15 is 0 Å². The molecule has 0 aromatic heterocycles. The molecule has 0 aliphatic carbocycles. The van der Waals surface area contributed by atoms with E-state index < -0.39 is 22.9 Å². The molecule has 1 heterocycles. The maximum Gasteiger partial charge on any atom is 0.418 e. The van der Waals surface area contributed by atoms with Crippen molar-refractivity contribution in [1.82, 2.24) is 10.6 Å². The van der Waals surface area contributed by atoms with Gasteiger partial charge in [0.1, 0.15) is 5.25 Å². The van der Waals surface area contributed by atoms with Crippen LogP contribution in [0.2, 0.25) is 0 Å². The van der Waals surface area contributed by atoms with Crippen LogP contribution >= 0.6 is 11.8 Å². The van der Waals surface area contributed by atoms with Gasteiger partial charge in [-0.3, -0.25) is 9.59 Å². The number of alkyl halides is 3. The largest absolute Gasteiger partial charge is 0.418 e. The fraction of sp³-hybridized carbons (Fsp3) is 0.250. The van der Waals surface area contributed by atoms with E-state index in [9.17, 15) is 22.8 Å². The lowest BCUT2D eigenvalue weighted by Gasteiger charge is -2.09. The van der Waals surface area contributed by atoms with Gasteiger partial charge in [-0.05, 0) is 24.1 Å². The van der Waals surface area contributed by atoms with Crippen molar-refractivity contribution in [3.8, 4) is 0 Å². The van der Waals surface area contributed by atoms with E-state index in [-0.39, 0.29) is 23.2 Å². The minimum atomic E-state index is -4.55. The first-order valence-electron chi connectivity index (χ1n) is 8.86. The van der Waals surface area contributed by atoms with Gasteiger partial charge in [-0.25, -0.2) is 4.99 Å². The number of para-hydroxylation sites is 1. The Morgan fingerprint density at radius 1 is 1.10 bits per heavy atom. The van der Waals surface area contributed by atoms with E-state index in [1.54, 1.807) is 0 Å². The molecule has 3 rings (SSSR count). The van der Waals surface area contributed by atoms with Crippen molar-refractivity contribution in [3.63, 3.8) is 0 Å². The summed E-state index contributed by atoms with van der Waals surface area (Å²) in [5.74, 6) is -0.748. The monoisotopic (exact) mass is 421 g/mol. The molecule has 2 amide bonds. The molecule has 1 aliphatic rings. The lowest BCUT2D eigenvalue weighted by atomic mass is 10.1. The van der Waals surface area contributed by atoms with Gasteiger partial charge in [0.15, 0.2) is 5.17 Å². The first-order valence-corrected chi connectivity index (χ1v) is 9.74. The number of hydrogen-bond acceptors (Lipinski definition) is 4. The van der Waals surface area contributed by atoms with E-state index in [0.29, 0.717) is 13.0 Å². The summed E-state index contributed by atoms with van der Waals surface area (Å²) in [6.45, 7) is 0.432. The second-order valence-corrected chi connectivity index (χ2v) is 7.51. The second-order valence-electron chi connectivity index (χ2n) is 6.32. The van der Waals surface area contributed by atoms with Crippen molar-refractivity contribution >= 4 is 34.4 Å². The lowest BCUT2D eigenvalue weighted by Crippen LogP contribution is -2.32. The Morgan fingerprint density at radius 2 is 1.79 bits per heavy atom. The predicted molar refractivity (Wildman–Crippen MR) is 106 cm³/mol. The third kappa shape index (κ3) is 5.83. The normalized spacial score (nSPS) is 18.0. The molecule has 9 heteroatoms. The Morgan fingerprint density at radius 3 is 2.52 bits per heavy atom. The Kier molecular flexibility index (Phi) is 6.58. The summed E-state index contributed by atoms with van der Waals surface area (Å²) in [6.07, 6.45) is -3.96. The van der Waals surface area contributed by atoms with E-state index in [4.69, 9.17) is 0 Å². The maximum atomic E-state index is 13.1. The van der Waals surface area contributed by atoms with Gasteiger partial charge in [-0.15, -0.1) is 0 Å². The molecule has 2 aromatic rings. The number of rotatable bonds is 6. The number of carbonyl (C=O) groups excluding carboxylic acids is 2. The SMILES string of the molecule is O=C(CC1SC(=Nc2ccccc2C(F)(F)F)NC1=O)NCCc1ccccc1. The summed E-state index contributed by atoms with van der Waals surface area (Å²) >= 11 is 0.952. The predicted octanol–water partition coefficient (Wildman–Crippen LogP) is 3.67. The zero-order valence-electron chi connectivity index (χ0n) is 15.2. The van der Waals surface area contributed by atoms with Gasteiger partial charge < -0.3 is 10.6 Å². The van der Waals surface area contributed by atoms with Crippen LogP contribution in [0.4, 0.5) is 18.9 Å². The van der Waals surface area contributed by atoms with Gasteiger partial charge in [0.2, 0.25) is 11.8 Å². The van der Waals surface area contributed by atoms with Crippen LogP contribution < -0.4 is 10.6 Å². The Hall–Kier alpha value is -2.81.